The number of aromatic nitrogens is 2. The fourth-order valence-electron chi connectivity index (χ4n) is 4.90. The Bertz CT molecular complexity index is 1250. The average molecular weight is 433 g/mol. The van der Waals surface area contributed by atoms with Gasteiger partial charge in [0, 0.05) is 0 Å². The van der Waals surface area contributed by atoms with Gasteiger partial charge >= 0.3 is 6.03 Å². The Morgan fingerprint density at radius 3 is 2.66 bits per heavy atom. The van der Waals surface area contributed by atoms with Gasteiger partial charge in [-0.1, -0.05) is 18.2 Å². The Balaban J connectivity index is 1.34. The molecule has 2 unspecified atom stereocenters. The van der Waals surface area contributed by atoms with Crippen LogP contribution in [0.4, 0.5) is 4.79 Å². The molecule has 7 nitrogen and oxygen atoms in total. The number of nitrogens with one attached hydrogen (secondary N) is 1. The molecule has 2 heterocycles. The second kappa shape index (κ2) is 7.45. The first kappa shape index (κ1) is 20.7. The quantitative estimate of drug-likeness (QED) is 0.607. The summed E-state index contributed by atoms with van der Waals surface area (Å²) in [7, 11) is 0. The number of hydrogen-bond donors (Lipinski definition) is 2. The lowest BCUT2D eigenvalue weighted by Gasteiger charge is -2.24. The van der Waals surface area contributed by atoms with Gasteiger partial charge < -0.3 is 15.0 Å². The number of aliphatic hydroxyl groups excluding tert-OH is 1. The predicted octanol–water partition coefficient (Wildman–Crippen LogP) is 2.97. The lowest BCUT2D eigenvalue weighted by Crippen LogP contribution is -2.42. The van der Waals surface area contributed by atoms with E-state index in [1.165, 1.54) is 11.1 Å². The monoisotopic (exact) mass is 432 g/mol. The van der Waals surface area contributed by atoms with Crippen molar-refractivity contribution >= 4 is 23.0 Å². The molecule has 1 aliphatic heterocycles. The minimum absolute atomic E-state index is 0.0737. The second-order valence-electron chi connectivity index (χ2n) is 9.28. The molecule has 5 rings (SSSR count). The highest BCUT2D eigenvalue weighted by Crippen LogP contribution is 2.32. The van der Waals surface area contributed by atoms with E-state index >= 15 is 0 Å². The number of carbonyl (C=O) groups is 2. The van der Waals surface area contributed by atoms with E-state index < -0.39 is 17.7 Å². The molecular formula is C25H28N4O3. The van der Waals surface area contributed by atoms with Gasteiger partial charge in [0.2, 0.25) is 0 Å². The number of imide groups is 1. The van der Waals surface area contributed by atoms with Gasteiger partial charge in [0.25, 0.3) is 5.91 Å². The molecule has 0 saturated carbocycles. The third-order valence-electron chi connectivity index (χ3n) is 6.99. The van der Waals surface area contributed by atoms with Crippen LogP contribution in [0, 0.1) is 13.8 Å². The molecular weight excluding hydrogens is 404 g/mol. The summed E-state index contributed by atoms with van der Waals surface area (Å²) in [5.41, 5.74) is 6.33. The van der Waals surface area contributed by atoms with Gasteiger partial charge in [-0.05, 0) is 80.0 Å². The number of rotatable bonds is 5. The molecule has 1 fully saturated rings. The molecule has 2 aromatic carbocycles. The van der Waals surface area contributed by atoms with Crippen LogP contribution in [0.3, 0.4) is 0 Å². The van der Waals surface area contributed by atoms with Crippen molar-refractivity contribution in [2.24, 2.45) is 0 Å². The molecule has 1 aliphatic carbocycles. The van der Waals surface area contributed by atoms with Crippen molar-refractivity contribution in [3.8, 4) is 0 Å². The number of nitrogens with zero attached hydrogens (tertiary/aromatic N) is 3. The number of fused-ring (bicyclic) bond motifs is 2. The Morgan fingerprint density at radius 2 is 1.84 bits per heavy atom. The summed E-state index contributed by atoms with van der Waals surface area (Å²) in [6.45, 7) is 5.99. The first-order valence-corrected chi connectivity index (χ1v) is 11.1. The second-order valence-corrected chi connectivity index (χ2v) is 9.28. The molecule has 0 spiro atoms. The molecule has 1 aromatic heterocycles. The van der Waals surface area contributed by atoms with Crippen molar-refractivity contribution < 1.29 is 14.7 Å². The van der Waals surface area contributed by atoms with Crippen molar-refractivity contribution in [3.05, 3.63) is 64.5 Å². The number of amides is 3. The molecule has 3 aromatic rings. The molecule has 0 bridgehead atoms. The van der Waals surface area contributed by atoms with Crippen LogP contribution in [-0.4, -0.2) is 44.1 Å². The normalized spacial score (nSPS) is 21.3. The Morgan fingerprint density at radius 1 is 1.09 bits per heavy atom. The fraction of sp³-hybridized carbons (Fsp3) is 0.400. The van der Waals surface area contributed by atoms with Crippen LogP contribution in [0.25, 0.3) is 11.0 Å². The van der Waals surface area contributed by atoms with Crippen molar-refractivity contribution in [1.29, 1.82) is 0 Å². The zero-order chi connectivity index (χ0) is 22.6. The molecule has 0 radical (unpaired) electrons. The molecule has 2 atom stereocenters. The molecule has 3 amide bonds. The summed E-state index contributed by atoms with van der Waals surface area (Å²) in [6, 6.07) is 9.63. The van der Waals surface area contributed by atoms with Crippen LogP contribution in [0.15, 0.2) is 36.7 Å². The lowest BCUT2D eigenvalue weighted by atomic mass is 9.89. The summed E-state index contributed by atoms with van der Waals surface area (Å²) in [5.74, 6) is -0.332. The number of urea groups is 1. The summed E-state index contributed by atoms with van der Waals surface area (Å²) in [4.78, 5) is 31.5. The highest BCUT2D eigenvalue weighted by molar-refractivity contribution is 6.07. The van der Waals surface area contributed by atoms with E-state index in [-0.39, 0.29) is 19.0 Å². The lowest BCUT2D eigenvalue weighted by molar-refractivity contribution is -0.132. The van der Waals surface area contributed by atoms with Crippen molar-refractivity contribution in [3.63, 3.8) is 0 Å². The zero-order valence-corrected chi connectivity index (χ0v) is 18.7. The number of hydrogen-bond acceptors (Lipinski definition) is 4. The minimum atomic E-state index is -1.12. The van der Waals surface area contributed by atoms with Gasteiger partial charge in [0.15, 0.2) is 0 Å². The Hall–Kier alpha value is -3.19. The van der Waals surface area contributed by atoms with E-state index in [4.69, 9.17) is 0 Å². The number of aryl methyl sites for hydroxylation is 4. The van der Waals surface area contributed by atoms with E-state index in [0.29, 0.717) is 0 Å². The summed E-state index contributed by atoms with van der Waals surface area (Å²) < 4.78 is 1.87. The topological polar surface area (TPSA) is 87.5 Å². The van der Waals surface area contributed by atoms with Gasteiger partial charge in [-0.15, -0.1) is 0 Å². The van der Waals surface area contributed by atoms with E-state index in [1.54, 1.807) is 13.3 Å². The van der Waals surface area contributed by atoms with E-state index in [1.807, 2.05) is 42.7 Å². The number of aliphatic hydroxyl groups is 1. The van der Waals surface area contributed by atoms with Crippen LogP contribution >= 0.6 is 0 Å². The van der Waals surface area contributed by atoms with Crippen LogP contribution in [0.1, 0.15) is 41.2 Å². The molecule has 7 heteroatoms. The Labute approximate surface area is 187 Å². The van der Waals surface area contributed by atoms with Gasteiger partial charge in [-0.25, -0.2) is 9.78 Å². The number of imidazole rings is 1. The summed E-state index contributed by atoms with van der Waals surface area (Å²) in [5, 5.41) is 13.6. The van der Waals surface area contributed by atoms with Gasteiger partial charge in [0.05, 0.1) is 36.6 Å². The maximum Gasteiger partial charge on any atom is 0.325 e. The standard InChI is InChI=1S/C25H28N4O3/c1-15-9-21-22(10-16(15)2)28(14-26-21)12-20(30)13-29-23(31)25(3,27-24(29)32)19-8-7-17-5-4-6-18(17)11-19/h7-11,14,20,30H,4-6,12-13H2,1-3H3,(H,27,32). The van der Waals surface area contributed by atoms with E-state index in [0.717, 1.165) is 51.9 Å². The van der Waals surface area contributed by atoms with Gasteiger partial charge in [-0.2, -0.15) is 0 Å². The van der Waals surface area contributed by atoms with Crippen molar-refractivity contribution in [2.45, 2.75) is 58.2 Å². The SMILES string of the molecule is Cc1cc2ncn(CC(O)CN3C(=O)NC(C)(c4ccc5c(c4)CCC5)C3=O)c2cc1C. The van der Waals surface area contributed by atoms with Crippen molar-refractivity contribution in [2.75, 3.05) is 6.54 Å². The summed E-state index contributed by atoms with van der Waals surface area (Å²) >= 11 is 0. The van der Waals surface area contributed by atoms with E-state index in [9.17, 15) is 14.7 Å². The zero-order valence-electron chi connectivity index (χ0n) is 18.7. The van der Waals surface area contributed by atoms with Gasteiger partial charge in [-0.3, -0.25) is 9.69 Å². The third-order valence-corrected chi connectivity index (χ3v) is 6.99. The highest BCUT2D eigenvalue weighted by atomic mass is 16.3. The van der Waals surface area contributed by atoms with Gasteiger partial charge in [0.1, 0.15) is 5.54 Å². The molecule has 2 N–H and O–H groups in total. The summed E-state index contributed by atoms with van der Waals surface area (Å²) in [6.07, 6.45) is 3.96. The van der Waals surface area contributed by atoms with Crippen LogP contribution in [0.5, 0.6) is 0 Å². The van der Waals surface area contributed by atoms with Crippen LogP contribution < -0.4 is 5.32 Å². The number of carbonyl (C=O) groups excluding carboxylic acids is 2. The maximum atomic E-state index is 13.3. The molecule has 32 heavy (non-hydrogen) atoms. The Kier molecular flexibility index (Phi) is 4.82. The minimum Gasteiger partial charge on any atom is -0.389 e. The number of β-amino-alcohol motifs (C(OH)–C–C–N with tert-alkyl or cyclic N) is 1. The molecule has 2 aliphatic rings. The first-order chi connectivity index (χ1) is 15.3. The molecule has 1 saturated heterocycles. The van der Waals surface area contributed by atoms with E-state index in [2.05, 4.69) is 16.4 Å². The van der Waals surface area contributed by atoms with Crippen LogP contribution in [0.2, 0.25) is 0 Å². The van der Waals surface area contributed by atoms with Crippen molar-refractivity contribution in [1.82, 2.24) is 19.8 Å². The molecule has 166 valence electrons. The first-order valence-electron chi connectivity index (χ1n) is 11.1. The largest absolute Gasteiger partial charge is 0.389 e. The average Bonchev–Trinajstić information content (AvgIpc) is 3.43. The highest BCUT2D eigenvalue weighted by Gasteiger charge is 2.49. The maximum absolute atomic E-state index is 13.3. The predicted molar refractivity (Wildman–Crippen MR) is 121 cm³/mol. The fourth-order valence-corrected chi connectivity index (χ4v) is 4.90. The number of benzene rings is 2. The van der Waals surface area contributed by atoms with Crippen LogP contribution in [-0.2, 0) is 29.7 Å². The third kappa shape index (κ3) is 3.28. The smallest absolute Gasteiger partial charge is 0.325 e.